The molecule has 2 unspecified atom stereocenters. The van der Waals surface area contributed by atoms with E-state index >= 15 is 0 Å². The standard InChI is InChI=1S/C23H22N4OS3/c1-28-20-12-11-16(14-24-27-22(29)25-18-7-3-2-4-8-18)13-17(20)15-30-23-26-19-9-5-6-10-21(19)31-23/h2-14,19,21H,15H2,1H3,(H2,25,27,29). The predicted octanol–water partition coefficient (Wildman–Crippen LogP) is 5.21. The molecule has 2 atom stereocenters. The molecular weight excluding hydrogens is 444 g/mol. The molecule has 0 aromatic heterocycles. The number of anilines is 1. The van der Waals surface area contributed by atoms with Gasteiger partial charge in [0.25, 0.3) is 0 Å². The molecule has 158 valence electrons. The second kappa shape index (κ2) is 10.7. The van der Waals surface area contributed by atoms with Gasteiger partial charge in [0.15, 0.2) is 5.11 Å². The third kappa shape index (κ3) is 6.00. The summed E-state index contributed by atoms with van der Waals surface area (Å²) in [5.41, 5.74) is 5.83. The van der Waals surface area contributed by atoms with E-state index in [0.29, 0.717) is 10.4 Å². The maximum atomic E-state index is 5.55. The molecule has 0 spiro atoms. The number of benzene rings is 2. The van der Waals surface area contributed by atoms with Gasteiger partial charge >= 0.3 is 0 Å². The second-order valence-electron chi connectivity index (χ2n) is 6.79. The maximum absolute atomic E-state index is 5.55. The van der Waals surface area contributed by atoms with Crippen LogP contribution in [0.5, 0.6) is 5.75 Å². The highest BCUT2D eigenvalue weighted by atomic mass is 32.2. The molecule has 0 radical (unpaired) electrons. The van der Waals surface area contributed by atoms with Gasteiger partial charge in [-0.25, -0.2) is 0 Å². The number of thiocarbonyl (C=S) groups is 1. The Morgan fingerprint density at radius 1 is 1.23 bits per heavy atom. The molecule has 0 saturated heterocycles. The van der Waals surface area contributed by atoms with Crippen molar-refractivity contribution >= 4 is 57.1 Å². The molecule has 0 amide bonds. The van der Waals surface area contributed by atoms with Crippen LogP contribution in [0, 0.1) is 0 Å². The Bertz CT molecular complexity index is 1050. The summed E-state index contributed by atoms with van der Waals surface area (Å²) in [5, 5.41) is 8.20. The van der Waals surface area contributed by atoms with Gasteiger partial charge in [-0.3, -0.25) is 10.4 Å². The van der Waals surface area contributed by atoms with Crippen LogP contribution < -0.4 is 15.5 Å². The van der Waals surface area contributed by atoms with Crippen molar-refractivity contribution in [2.75, 3.05) is 12.4 Å². The van der Waals surface area contributed by atoms with Crippen molar-refractivity contribution < 1.29 is 4.74 Å². The van der Waals surface area contributed by atoms with Crippen molar-refractivity contribution in [3.63, 3.8) is 0 Å². The van der Waals surface area contributed by atoms with E-state index in [2.05, 4.69) is 46.2 Å². The fourth-order valence-electron chi connectivity index (χ4n) is 3.12. The zero-order chi connectivity index (χ0) is 21.5. The van der Waals surface area contributed by atoms with Crippen molar-refractivity contribution in [2.24, 2.45) is 10.1 Å². The smallest absolute Gasteiger partial charge is 0.191 e. The summed E-state index contributed by atoms with van der Waals surface area (Å²) in [6.45, 7) is 0. The summed E-state index contributed by atoms with van der Waals surface area (Å²) in [4.78, 5) is 4.81. The Labute approximate surface area is 196 Å². The predicted molar refractivity (Wildman–Crippen MR) is 139 cm³/mol. The fourth-order valence-corrected chi connectivity index (χ4v) is 5.65. The normalized spacial score (nSPS) is 19.2. The molecule has 1 heterocycles. The molecular formula is C23H22N4OS3. The molecule has 0 saturated carbocycles. The zero-order valence-corrected chi connectivity index (χ0v) is 19.3. The van der Waals surface area contributed by atoms with E-state index in [1.54, 1.807) is 25.1 Å². The first-order valence-electron chi connectivity index (χ1n) is 9.75. The number of nitrogens with zero attached hydrogens (tertiary/aromatic N) is 2. The highest BCUT2D eigenvalue weighted by Crippen LogP contribution is 2.37. The average Bonchev–Trinajstić information content (AvgIpc) is 3.21. The third-order valence-corrected chi connectivity index (χ3v) is 7.27. The van der Waals surface area contributed by atoms with Crippen molar-refractivity contribution in [2.45, 2.75) is 17.0 Å². The number of nitrogens with one attached hydrogen (secondary N) is 2. The van der Waals surface area contributed by atoms with Gasteiger partial charge in [-0.05, 0) is 48.1 Å². The first-order valence-corrected chi connectivity index (χ1v) is 12.0. The number of hydrazone groups is 1. The Balaban J connectivity index is 1.34. The van der Waals surface area contributed by atoms with Gasteiger partial charge in [-0.1, -0.05) is 66.0 Å². The van der Waals surface area contributed by atoms with Crippen LogP contribution in [0.25, 0.3) is 0 Å². The van der Waals surface area contributed by atoms with Crippen LogP contribution in [-0.2, 0) is 5.75 Å². The highest BCUT2D eigenvalue weighted by molar-refractivity contribution is 8.39. The van der Waals surface area contributed by atoms with Crippen molar-refractivity contribution in [1.29, 1.82) is 0 Å². The number of hydrogen-bond donors (Lipinski definition) is 2. The first kappa shape index (κ1) is 21.7. The molecule has 2 N–H and O–H groups in total. The summed E-state index contributed by atoms with van der Waals surface area (Å²) in [6.07, 6.45) is 10.3. The minimum Gasteiger partial charge on any atom is -0.496 e. The van der Waals surface area contributed by atoms with Crippen LogP contribution in [0.1, 0.15) is 11.1 Å². The minimum atomic E-state index is 0.261. The molecule has 0 bridgehead atoms. The van der Waals surface area contributed by atoms with E-state index in [1.807, 2.05) is 54.2 Å². The summed E-state index contributed by atoms with van der Waals surface area (Å²) < 4.78 is 6.66. The first-order chi connectivity index (χ1) is 15.2. The molecule has 5 nitrogen and oxygen atoms in total. The molecule has 1 aliphatic heterocycles. The summed E-state index contributed by atoms with van der Waals surface area (Å²) in [5.74, 6) is 1.64. The fraction of sp³-hybridized carbons (Fsp3) is 0.174. The van der Waals surface area contributed by atoms with E-state index in [1.165, 1.54) is 0 Å². The van der Waals surface area contributed by atoms with Crippen LogP contribution in [0.3, 0.4) is 0 Å². The molecule has 1 aliphatic carbocycles. The molecule has 4 rings (SSSR count). The number of fused-ring (bicyclic) bond motifs is 1. The Morgan fingerprint density at radius 2 is 2.06 bits per heavy atom. The number of para-hydroxylation sites is 1. The number of rotatable bonds is 6. The quantitative estimate of drug-likeness (QED) is 0.346. The van der Waals surface area contributed by atoms with E-state index < -0.39 is 0 Å². The van der Waals surface area contributed by atoms with Crippen molar-refractivity contribution in [3.8, 4) is 5.75 Å². The third-order valence-electron chi connectivity index (χ3n) is 4.62. The maximum Gasteiger partial charge on any atom is 0.191 e. The topological polar surface area (TPSA) is 58.0 Å². The van der Waals surface area contributed by atoms with Crippen LogP contribution in [0.4, 0.5) is 5.69 Å². The van der Waals surface area contributed by atoms with E-state index in [0.717, 1.165) is 32.7 Å². The highest BCUT2D eigenvalue weighted by Gasteiger charge is 2.27. The van der Waals surface area contributed by atoms with Gasteiger partial charge in [0, 0.05) is 17.0 Å². The average molecular weight is 467 g/mol. The van der Waals surface area contributed by atoms with E-state index in [9.17, 15) is 0 Å². The Hall–Kier alpha value is -2.55. The van der Waals surface area contributed by atoms with Gasteiger partial charge < -0.3 is 10.1 Å². The lowest BCUT2D eigenvalue weighted by atomic mass is 10.1. The molecule has 31 heavy (non-hydrogen) atoms. The molecule has 2 aromatic carbocycles. The van der Waals surface area contributed by atoms with Crippen LogP contribution in [-0.4, -0.2) is 34.1 Å². The number of allylic oxidation sites excluding steroid dienone is 2. The number of ether oxygens (including phenoxy) is 1. The largest absolute Gasteiger partial charge is 0.496 e. The minimum absolute atomic E-state index is 0.261. The van der Waals surface area contributed by atoms with Crippen LogP contribution in [0.15, 0.2) is 82.9 Å². The van der Waals surface area contributed by atoms with Crippen LogP contribution >= 0.6 is 35.7 Å². The lowest BCUT2D eigenvalue weighted by Gasteiger charge is -2.11. The van der Waals surface area contributed by atoms with Crippen molar-refractivity contribution in [1.82, 2.24) is 5.43 Å². The van der Waals surface area contributed by atoms with E-state index in [-0.39, 0.29) is 6.04 Å². The van der Waals surface area contributed by atoms with Gasteiger partial charge in [0.05, 0.1) is 24.6 Å². The molecule has 2 aromatic rings. The van der Waals surface area contributed by atoms with Crippen LogP contribution in [0.2, 0.25) is 0 Å². The Morgan fingerprint density at radius 3 is 2.87 bits per heavy atom. The molecule has 0 fully saturated rings. The van der Waals surface area contributed by atoms with Gasteiger partial charge in [-0.15, -0.1) is 0 Å². The summed E-state index contributed by atoms with van der Waals surface area (Å²) in [7, 11) is 1.69. The monoisotopic (exact) mass is 466 g/mol. The lowest BCUT2D eigenvalue weighted by Crippen LogP contribution is -2.23. The lowest BCUT2D eigenvalue weighted by molar-refractivity contribution is 0.411. The van der Waals surface area contributed by atoms with Gasteiger partial charge in [0.2, 0.25) is 0 Å². The summed E-state index contributed by atoms with van der Waals surface area (Å²) >= 11 is 8.85. The number of thioether (sulfide) groups is 2. The van der Waals surface area contributed by atoms with Gasteiger partial charge in [0.1, 0.15) is 10.1 Å². The number of hydrogen-bond acceptors (Lipinski definition) is 6. The zero-order valence-electron chi connectivity index (χ0n) is 16.9. The number of methoxy groups -OCH3 is 1. The van der Waals surface area contributed by atoms with Gasteiger partial charge in [-0.2, -0.15) is 5.10 Å². The Kier molecular flexibility index (Phi) is 7.45. The second-order valence-corrected chi connectivity index (χ2v) is 9.59. The number of aliphatic imine (C=N–C) groups is 1. The SMILES string of the molecule is COc1ccc(C=NNC(=S)Nc2ccccc2)cc1CSC1=NC2C=CC=CC2S1. The molecule has 8 heteroatoms. The van der Waals surface area contributed by atoms with Crippen molar-refractivity contribution in [3.05, 3.63) is 84.0 Å². The molecule has 2 aliphatic rings. The van der Waals surface area contributed by atoms with E-state index in [4.69, 9.17) is 21.9 Å². The summed E-state index contributed by atoms with van der Waals surface area (Å²) in [6, 6.07) is 16.0.